The topological polar surface area (TPSA) is 75.6 Å². The van der Waals surface area contributed by atoms with E-state index in [1.165, 1.54) is 0 Å². The van der Waals surface area contributed by atoms with Crippen molar-refractivity contribution in [2.75, 3.05) is 6.54 Å². The van der Waals surface area contributed by atoms with Gasteiger partial charge in [-0.05, 0) is 58.2 Å². The van der Waals surface area contributed by atoms with E-state index in [1.54, 1.807) is 39.8 Å². The summed E-state index contributed by atoms with van der Waals surface area (Å²) in [5, 5.41) is 12.7. The summed E-state index contributed by atoms with van der Waals surface area (Å²) in [5.74, 6) is -0.904. The predicted molar refractivity (Wildman–Crippen MR) is 89.8 cm³/mol. The van der Waals surface area contributed by atoms with Gasteiger partial charge in [-0.2, -0.15) is 0 Å². The summed E-state index contributed by atoms with van der Waals surface area (Å²) in [6.07, 6.45) is 0.108. The number of carbonyl (C=O) groups excluding carboxylic acids is 1. The van der Waals surface area contributed by atoms with Gasteiger partial charge in [0.05, 0.1) is 5.41 Å². The molecular weight excluding hydrogens is 318 g/mol. The van der Waals surface area contributed by atoms with Crippen LogP contribution in [0.1, 0.15) is 39.7 Å². The third-order valence-corrected chi connectivity index (χ3v) is 3.62. The van der Waals surface area contributed by atoms with E-state index in [1.807, 2.05) is 12.1 Å². The Morgan fingerprint density at radius 3 is 2.22 bits per heavy atom. The Balaban J connectivity index is 2.62. The van der Waals surface area contributed by atoms with E-state index in [-0.39, 0.29) is 6.54 Å². The molecule has 2 N–H and O–H groups in total. The van der Waals surface area contributed by atoms with E-state index in [4.69, 9.17) is 16.3 Å². The quantitative estimate of drug-likeness (QED) is 0.823. The molecule has 1 amide bonds. The minimum absolute atomic E-state index is 0.227. The number of amides is 1. The Labute approximate surface area is 142 Å². The fourth-order valence-electron chi connectivity index (χ4n) is 2.08. The largest absolute Gasteiger partial charge is 0.481 e. The number of carboxylic acid groups (broad SMARTS) is 1. The lowest BCUT2D eigenvalue weighted by atomic mass is 9.80. The molecule has 0 saturated carbocycles. The van der Waals surface area contributed by atoms with Crippen molar-refractivity contribution in [3.63, 3.8) is 0 Å². The van der Waals surface area contributed by atoms with Gasteiger partial charge >= 0.3 is 12.1 Å². The third kappa shape index (κ3) is 6.91. The average molecular weight is 342 g/mol. The Morgan fingerprint density at radius 2 is 1.74 bits per heavy atom. The molecule has 1 aromatic rings. The summed E-state index contributed by atoms with van der Waals surface area (Å²) in [4.78, 5) is 23.2. The molecule has 6 heteroatoms. The molecule has 5 nitrogen and oxygen atoms in total. The predicted octanol–water partition coefficient (Wildman–Crippen LogP) is 3.89. The monoisotopic (exact) mass is 341 g/mol. The van der Waals surface area contributed by atoms with Gasteiger partial charge in [0.1, 0.15) is 5.60 Å². The number of aliphatic carboxylic acids is 1. The van der Waals surface area contributed by atoms with Crippen molar-refractivity contribution < 1.29 is 19.4 Å². The van der Waals surface area contributed by atoms with Gasteiger partial charge in [0.15, 0.2) is 0 Å². The first kappa shape index (κ1) is 19.3. The highest BCUT2D eigenvalue weighted by molar-refractivity contribution is 6.30. The zero-order chi connectivity index (χ0) is 17.7. The molecule has 0 aliphatic carbocycles. The van der Waals surface area contributed by atoms with Gasteiger partial charge in [-0.3, -0.25) is 4.79 Å². The van der Waals surface area contributed by atoms with Gasteiger partial charge in [-0.25, -0.2) is 4.79 Å². The molecule has 0 saturated heterocycles. The van der Waals surface area contributed by atoms with Crippen LogP contribution in [0.4, 0.5) is 4.79 Å². The standard InChI is InChI=1S/C17H24ClNO4/c1-16(2,3)23-15(22)19-10-9-17(4,14(20)21)11-12-5-7-13(18)8-6-12/h5-8H,9-11H2,1-4H3,(H,19,22)(H,20,21). The van der Waals surface area contributed by atoms with Crippen LogP contribution in [0.2, 0.25) is 5.02 Å². The highest BCUT2D eigenvalue weighted by atomic mass is 35.5. The van der Waals surface area contributed by atoms with Gasteiger partial charge < -0.3 is 15.2 Å². The molecule has 128 valence electrons. The number of nitrogens with one attached hydrogen (secondary N) is 1. The van der Waals surface area contributed by atoms with Crippen LogP contribution in [-0.2, 0) is 16.0 Å². The second-order valence-corrected chi connectivity index (χ2v) is 7.28. The number of halogens is 1. The molecule has 1 rings (SSSR count). The lowest BCUT2D eigenvalue weighted by Gasteiger charge is -2.26. The van der Waals surface area contributed by atoms with Crippen LogP contribution in [0.25, 0.3) is 0 Å². The van der Waals surface area contributed by atoms with E-state index >= 15 is 0 Å². The average Bonchev–Trinajstić information content (AvgIpc) is 2.39. The smallest absolute Gasteiger partial charge is 0.407 e. The normalized spacial score (nSPS) is 14.0. The number of alkyl carbamates (subject to hydrolysis) is 1. The number of hydrogen-bond acceptors (Lipinski definition) is 3. The number of carbonyl (C=O) groups is 2. The van der Waals surface area contributed by atoms with Crippen LogP contribution >= 0.6 is 11.6 Å². The minimum Gasteiger partial charge on any atom is -0.481 e. The highest BCUT2D eigenvalue weighted by Crippen LogP contribution is 2.27. The second-order valence-electron chi connectivity index (χ2n) is 6.85. The van der Waals surface area contributed by atoms with Crippen molar-refractivity contribution in [3.05, 3.63) is 34.9 Å². The maximum absolute atomic E-state index is 11.6. The van der Waals surface area contributed by atoms with E-state index in [0.717, 1.165) is 5.56 Å². The van der Waals surface area contributed by atoms with Crippen LogP contribution < -0.4 is 5.32 Å². The number of benzene rings is 1. The SMILES string of the molecule is CC(C)(C)OC(=O)NCCC(C)(Cc1ccc(Cl)cc1)C(=O)O. The summed E-state index contributed by atoms with van der Waals surface area (Å²) in [6, 6.07) is 7.09. The summed E-state index contributed by atoms with van der Waals surface area (Å²) in [5.41, 5.74) is -0.677. The van der Waals surface area contributed by atoms with Gasteiger partial charge in [-0.1, -0.05) is 23.7 Å². The third-order valence-electron chi connectivity index (χ3n) is 3.37. The van der Waals surface area contributed by atoms with Crippen molar-refractivity contribution >= 4 is 23.7 Å². The van der Waals surface area contributed by atoms with Gasteiger partial charge in [-0.15, -0.1) is 0 Å². The van der Waals surface area contributed by atoms with E-state index in [0.29, 0.717) is 17.9 Å². The Bertz CT molecular complexity index is 551. The van der Waals surface area contributed by atoms with Crippen molar-refractivity contribution in [3.8, 4) is 0 Å². The summed E-state index contributed by atoms with van der Waals surface area (Å²) < 4.78 is 5.13. The molecule has 0 aliphatic heterocycles. The molecule has 1 aromatic carbocycles. The number of rotatable bonds is 6. The molecule has 0 fully saturated rings. The van der Waals surface area contributed by atoms with Crippen molar-refractivity contribution in [1.82, 2.24) is 5.32 Å². The van der Waals surface area contributed by atoms with Crippen molar-refractivity contribution in [1.29, 1.82) is 0 Å². The minimum atomic E-state index is -0.983. The summed E-state index contributed by atoms with van der Waals surface area (Å²) >= 11 is 5.84. The van der Waals surface area contributed by atoms with E-state index < -0.39 is 23.1 Å². The molecule has 0 aromatic heterocycles. The second kappa shape index (κ2) is 7.68. The van der Waals surface area contributed by atoms with Crippen LogP contribution in [0.5, 0.6) is 0 Å². The van der Waals surface area contributed by atoms with E-state index in [2.05, 4.69) is 5.32 Å². The zero-order valence-corrected chi connectivity index (χ0v) is 14.7. The number of carboxylic acids is 1. The van der Waals surface area contributed by atoms with Crippen molar-refractivity contribution in [2.24, 2.45) is 5.41 Å². The van der Waals surface area contributed by atoms with Crippen molar-refractivity contribution in [2.45, 2.75) is 46.1 Å². The van der Waals surface area contributed by atoms with E-state index in [9.17, 15) is 14.7 Å². The van der Waals surface area contributed by atoms with Gasteiger partial charge in [0.25, 0.3) is 0 Å². The van der Waals surface area contributed by atoms with Crippen LogP contribution in [-0.4, -0.2) is 29.3 Å². The molecule has 0 heterocycles. The molecular formula is C17H24ClNO4. The first-order valence-electron chi connectivity index (χ1n) is 7.46. The Morgan fingerprint density at radius 1 is 1.17 bits per heavy atom. The molecule has 0 spiro atoms. The molecule has 1 unspecified atom stereocenters. The van der Waals surface area contributed by atoms with Gasteiger partial charge in [0, 0.05) is 11.6 Å². The maximum atomic E-state index is 11.6. The molecule has 0 aliphatic rings. The number of hydrogen-bond donors (Lipinski definition) is 2. The van der Waals surface area contributed by atoms with Crippen LogP contribution in [0.3, 0.4) is 0 Å². The van der Waals surface area contributed by atoms with Crippen LogP contribution in [0.15, 0.2) is 24.3 Å². The fraction of sp³-hybridized carbons (Fsp3) is 0.529. The molecule has 1 atom stereocenters. The fourth-order valence-corrected chi connectivity index (χ4v) is 2.20. The van der Waals surface area contributed by atoms with Gasteiger partial charge in [0.2, 0.25) is 0 Å². The molecule has 23 heavy (non-hydrogen) atoms. The molecule has 0 bridgehead atoms. The zero-order valence-electron chi connectivity index (χ0n) is 14.0. The highest BCUT2D eigenvalue weighted by Gasteiger charge is 2.33. The van der Waals surface area contributed by atoms with Crippen LogP contribution in [0, 0.1) is 5.41 Å². The molecule has 0 radical (unpaired) electrons. The maximum Gasteiger partial charge on any atom is 0.407 e. The lowest BCUT2D eigenvalue weighted by molar-refractivity contribution is -0.148. The number of ether oxygens (including phenoxy) is 1. The summed E-state index contributed by atoms with van der Waals surface area (Å²) in [7, 11) is 0. The Hall–Kier alpha value is -1.75. The first-order valence-corrected chi connectivity index (χ1v) is 7.84. The first-order chi connectivity index (χ1) is 10.5. The Kier molecular flexibility index (Phi) is 6.45. The lowest BCUT2D eigenvalue weighted by Crippen LogP contribution is -2.37. The summed E-state index contributed by atoms with van der Waals surface area (Å²) in [6.45, 7) is 7.21.